The van der Waals surface area contributed by atoms with Crippen molar-refractivity contribution in [1.82, 2.24) is 10.3 Å². The third kappa shape index (κ3) is 2.58. The van der Waals surface area contributed by atoms with E-state index in [0.29, 0.717) is 18.8 Å². The molecule has 1 N–H and O–H groups in total. The summed E-state index contributed by atoms with van der Waals surface area (Å²) in [6, 6.07) is 4.38. The first-order valence-electron chi connectivity index (χ1n) is 6.33. The van der Waals surface area contributed by atoms with Gasteiger partial charge in [0.15, 0.2) is 0 Å². The van der Waals surface area contributed by atoms with Gasteiger partial charge in [-0.3, -0.25) is 4.98 Å². The second kappa shape index (κ2) is 5.02. The van der Waals surface area contributed by atoms with Gasteiger partial charge in [-0.15, -0.1) is 0 Å². The van der Waals surface area contributed by atoms with Crippen molar-refractivity contribution in [1.29, 1.82) is 0 Å². The van der Waals surface area contributed by atoms with Crippen molar-refractivity contribution in [3.05, 3.63) is 24.5 Å². The van der Waals surface area contributed by atoms with Gasteiger partial charge in [-0.2, -0.15) is 0 Å². The van der Waals surface area contributed by atoms with E-state index in [2.05, 4.69) is 10.3 Å². The van der Waals surface area contributed by atoms with Crippen LogP contribution in [0.4, 0.5) is 0 Å². The molecular formula is C13H18N2O2. The van der Waals surface area contributed by atoms with Crippen molar-refractivity contribution >= 4 is 0 Å². The predicted molar refractivity (Wildman–Crippen MR) is 64.0 cm³/mol. The lowest BCUT2D eigenvalue weighted by molar-refractivity contribution is -0.0701. The Morgan fingerprint density at radius 1 is 1.41 bits per heavy atom. The Balaban J connectivity index is 1.50. The van der Waals surface area contributed by atoms with E-state index in [1.54, 1.807) is 12.4 Å². The quantitative estimate of drug-likeness (QED) is 0.858. The highest BCUT2D eigenvalue weighted by Crippen LogP contribution is 2.25. The first kappa shape index (κ1) is 11.0. The van der Waals surface area contributed by atoms with Gasteiger partial charge in [0.05, 0.1) is 18.4 Å². The van der Waals surface area contributed by atoms with Gasteiger partial charge in [0.2, 0.25) is 0 Å². The standard InChI is InChI=1S/C13H18N2O2/c1-2-10(8-14-6-1)16-9-11-3-4-12-13(17-11)5-7-15-12/h1-2,6,8,11-13,15H,3-5,7,9H2/t11-,12-,13-/m1/s1. The molecule has 4 nitrogen and oxygen atoms in total. The average molecular weight is 234 g/mol. The SMILES string of the molecule is c1cncc(OC[C@H]2CC[C@H]3NCC[C@H]3O2)c1. The molecule has 0 amide bonds. The van der Waals surface area contributed by atoms with Crippen LogP contribution in [0.15, 0.2) is 24.5 Å². The molecule has 92 valence electrons. The highest BCUT2D eigenvalue weighted by atomic mass is 16.5. The third-order valence-corrected chi connectivity index (χ3v) is 3.52. The summed E-state index contributed by atoms with van der Waals surface area (Å²) in [6.45, 7) is 1.72. The van der Waals surface area contributed by atoms with Crippen molar-refractivity contribution < 1.29 is 9.47 Å². The molecule has 0 unspecified atom stereocenters. The number of nitrogens with one attached hydrogen (secondary N) is 1. The normalized spacial score (nSPS) is 32.1. The largest absolute Gasteiger partial charge is 0.489 e. The van der Waals surface area contributed by atoms with Crippen molar-refractivity contribution in [3.63, 3.8) is 0 Å². The van der Waals surface area contributed by atoms with E-state index in [-0.39, 0.29) is 6.10 Å². The Labute approximate surface area is 101 Å². The number of fused-ring (bicyclic) bond motifs is 1. The first-order chi connectivity index (χ1) is 8.42. The van der Waals surface area contributed by atoms with Gasteiger partial charge in [-0.1, -0.05) is 0 Å². The highest BCUT2D eigenvalue weighted by molar-refractivity contribution is 5.15. The predicted octanol–water partition coefficient (Wildman–Crippen LogP) is 1.37. The molecule has 1 aromatic rings. The zero-order valence-corrected chi connectivity index (χ0v) is 9.84. The summed E-state index contributed by atoms with van der Waals surface area (Å²) in [6.07, 6.45) is 7.53. The number of hydrogen-bond acceptors (Lipinski definition) is 4. The smallest absolute Gasteiger partial charge is 0.137 e. The number of nitrogens with zero attached hydrogens (tertiary/aromatic N) is 1. The fourth-order valence-electron chi connectivity index (χ4n) is 2.62. The second-order valence-electron chi connectivity index (χ2n) is 4.72. The van der Waals surface area contributed by atoms with Crippen LogP contribution in [0.5, 0.6) is 5.75 Å². The number of rotatable bonds is 3. The molecule has 0 radical (unpaired) electrons. The van der Waals surface area contributed by atoms with Gasteiger partial charge in [-0.25, -0.2) is 0 Å². The molecule has 0 aliphatic carbocycles. The Hall–Kier alpha value is -1.13. The van der Waals surface area contributed by atoms with Crippen LogP contribution in [0.3, 0.4) is 0 Å². The molecule has 2 aliphatic rings. The fourth-order valence-corrected chi connectivity index (χ4v) is 2.62. The van der Waals surface area contributed by atoms with Gasteiger partial charge in [0.1, 0.15) is 12.4 Å². The third-order valence-electron chi connectivity index (χ3n) is 3.52. The van der Waals surface area contributed by atoms with Crippen LogP contribution in [0, 0.1) is 0 Å². The number of hydrogen-bond donors (Lipinski definition) is 1. The van der Waals surface area contributed by atoms with E-state index < -0.39 is 0 Å². The maximum atomic E-state index is 6.02. The molecule has 0 saturated carbocycles. The molecule has 3 rings (SSSR count). The van der Waals surface area contributed by atoms with Crippen LogP contribution in [-0.2, 0) is 4.74 Å². The lowest BCUT2D eigenvalue weighted by atomic mass is 10.0. The summed E-state index contributed by atoms with van der Waals surface area (Å²) in [4.78, 5) is 4.03. The monoisotopic (exact) mass is 234 g/mol. The van der Waals surface area contributed by atoms with Gasteiger partial charge in [0.25, 0.3) is 0 Å². The molecule has 2 aliphatic heterocycles. The van der Waals surface area contributed by atoms with Crippen LogP contribution in [0.2, 0.25) is 0 Å². The summed E-state index contributed by atoms with van der Waals surface area (Å²) in [5.74, 6) is 0.822. The number of ether oxygens (including phenoxy) is 2. The van der Waals surface area contributed by atoms with Gasteiger partial charge in [-0.05, 0) is 37.9 Å². The first-order valence-corrected chi connectivity index (χ1v) is 6.33. The summed E-state index contributed by atoms with van der Waals surface area (Å²) in [5, 5.41) is 3.48. The van der Waals surface area contributed by atoms with Crippen LogP contribution in [-0.4, -0.2) is 36.4 Å². The van der Waals surface area contributed by atoms with Crippen molar-refractivity contribution in [2.75, 3.05) is 13.2 Å². The molecule has 3 atom stereocenters. The Kier molecular flexibility index (Phi) is 3.25. The van der Waals surface area contributed by atoms with Crippen molar-refractivity contribution in [2.24, 2.45) is 0 Å². The number of pyridine rings is 1. The van der Waals surface area contributed by atoms with Crippen LogP contribution in [0.1, 0.15) is 19.3 Å². The molecular weight excluding hydrogens is 216 g/mol. The molecule has 1 aromatic heterocycles. The van der Waals surface area contributed by atoms with Gasteiger partial charge >= 0.3 is 0 Å². The molecule has 0 aromatic carbocycles. The Morgan fingerprint density at radius 2 is 2.41 bits per heavy atom. The molecule has 0 bridgehead atoms. The minimum atomic E-state index is 0.233. The summed E-state index contributed by atoms with van der Waals surface area (Å²) >= 11 is 0. The van der Waals surface area contributed by atoms with E-state index in [0.717, 1.165) is 25.1 Å². The Morgan fingerprint density at radius 3 is 3.29 bits per heavy atom. The molecule has 4 heteroatoms. The molecule has 2 fully saturated rings. The minimum Gasteiger partial charge on any atom is -0.489 e. The van der Waals surface area contributed by atoms with E-state index in [1.807, 2.05) is 12.1 Å². The lowest BCUT2D eigenvalue weighted by Crippen LogP contribution is -2.42. The average Bonchev–Trinajstić information content (AvgIpc) is 2.85. The molecule has 2 saturated heterocycles. The van der Waals surface area contributed by atoms with Gasteiger partial charge < -0.3 is 14.8 Å². The van der Waals surface area contributed by atoms with Crippen molar-refractivity contribution in [3.8, 4) is 5.75 Å². The van der Waals surface area contributed by atoms with E-state index in [9.17, 15) is 0 Å². The zero-order valence-electron chi connectivity index (χ0n) is 9.84. The molecule has 17 heavy (non-hydrogen) atoms. The topological polar surface area (TPSA) is 43.4 Å². The van der Waals surface area contributed by atoms with E-state index >= 15 is 0 Å². The Bertz CT molecular complexity index is 358. The second-order valence-corrected chi connectivity index (χ2v) is 4.72. The summed E-state index contributed by atoms with van der Waals surface area (Å²) < 4.78 is 11.7. The molecule has 3 heterocycles. The van der Waals surface area contributed by atoms with Crippen LogP contribution >= 0.6 is 0 Å². The fraction of sp³-hybridized carbons (Fsp3) is 0.615. The maximum absolute atomic E-state index is 6.02. The van der Waals surface area contributed by atoms with Crippen molar-refractivity contribution in [2.45, 2.75) is 37.5 Å². The summed E-state index contributed by atoms with van der Waals surface area (Å²) in [7, 11) is 0. The zero-order chi connectivity index (χ0) is 11.5. The minimum absolute atomic E-state index is 0.233. The van der Waals surface area contributed by atoms with Gasteiger partial charge in [0, 0.05) is 12.2 Å². The van der Waals surface area contributed by atoms with Crippen LogP contribution < -0.4 is 10.1 Å². The summed E-state index contributed by atoms with van der Waals surface area (Å²) in [5.41, 5.74) is 0. The number of aromatic nitrogens is 1. The van der Waals surface area contributed by atoms with E-state index in [4.69, 9.17) is 9.47 Å². The highest BCUT2D eigenvalue weighted by Gasteiger charge is 2.34. The lowest BCUT2D eigenvalue weighted by Gasteiger charge is -2.32. The van der Waals surface area contributed by atoms with Crippen LogP contribution in [0.25, 0.3) is 0 Å². The molecule has 0 spiro atoms. The maximum Gasteiger partial charge on any atom is 0.137 e. The van der Waals surface area contributed by atoms with E-state index in [1.165, 1.54) is 6.42 Å².